The van der Waals surface area contributed by atoms with E-state index in [1.165, 1.54) is 17.8 Å². The van der Waals surface area contributed by atoms with Crippen LogP contribution in [0, 0.1) is 0 Å². The molecule has 1 nitrogen and oxygen atoms in total. The molecule has 2 rings (SSSR count). The number of furan rings is 1. The average Bonchev–Trinajstić information content (AvgIpc) is 2.59. The number of alkyl halides is 3. The van der Waals surface area contributed by atoms with Crippen LogP contribution in [0.25, 0.3) is 11.0 Å². The third-order valence-electron chi connectivity index (χ3n) is 2.09. The zero-order valence-corrected chi connectivity index (χ0v) is 8.58. The van der Waals surface area contributed by atoms with Crippen LogP contribution in [0.15, 0.2) is 33.8 Å². The van der Waals surface area contributed by atoms with Crippen molar-refractivity contribution in [2.75, 3.05) is 6.26 Å². The Morgan fingerprint density at radius 3 is 2.60 bits per heavy atom. The fourth-order valence-corrected chi connectivity index (χ4v) is 1.78. The van der Waals surface area contributed by atoms with E-state index in [-0.39, 0.29) is 11.0 Å². The second-order valence-electron chi connectivity index (χ2n) is 3.01. The second kappa shape index (κ2) is 3.48. The third kappa shape index (κ3) is 1.84. The van der Waals surface area contributed by atoms with Crippen LogP contribution in [-0.4, -0.2) is 6.26 Å². The molecule has 0 fully saturated rings. The van der Waals surface area contributed by atoms with Gasteiger partial charge in [-0.1, -0.05) is 0 Å². The molecule has 0 aliphatic carbocycles. The molecule has 0 saturated carbocycles. The Labute approximate surface area is 88.3 Å². The third-order valence-corrected chi connectivity index (χ3v) is 2.81. The van der Waals surface area contributed by atoms with E-state index < -0.39 is 11.7 Å². The van der Waals surface area contributed by atoms with Crippen LogP contribution in [0.4, 0.5) is 13.2 Å². The molecule has 0 radical (unpaired) electrons. The highest BCUT2D eigenvalue weighted by Gasteiger charge is 2.34. The lowest BCUT2D eigenvalue weighted by Crippen LogP contribution is -2.02. The number of thioether (sulfide) groups is 1. The summed E-state index contributed by atoms with van der Waals surface area (Å²) in [5.74, 6) is 0. The van der Waals surface area contributed by atoms with E-state index in [4.69, 9.17) is 4.42 Å². The summed E-state index contributed by atoms with van der Waals surface area (Å²) in [5, 5.41) is 0.111. The predicted octanol–water partition coefficient (Wildman–Crippen LogP) is 4.17. The minimum Gasteiger partial charge on any atom is -0.464 e. The number of hydrogen-bond donors (Lipinski definition) is 0. The molecule has 0 atom stereocenters. The molecule has 0 amide bonds. The first-order chi connectivity index (χ1) is 7.02. The average molecular weight is 232 g/mol. The molecule has 0 saturated heterocycles. The van der Waals surface area contributed by atoms with E-state index in [0.29, 0.717) is 0 Å². The van der Waals surface area contributed by atoms with Gasteiger partial charge in [0.1, 0.15) is 17.4 Å². The predicted molar refractivity (Wildman–Crippen MR) is 53.0 cm³/mol. The number of rotatable bonds is 1. The lowest BCUT2D eigenvalue weighted by atomic mass is 10.2. The highest BCUT2D eigenvalue weighted by Crippen LogP contribution is 2.36. The summed E-state index contributed by atoms with van der Waals surface area (Å²) in [6, 6.07) is 4.69. The van der Waals surface area contributed by atoms with Gasteiger partial charge in [-0.05, 0) is 24.5 Å². The maximum absolute atomic E-state index is 12.5. The van der Waals surface area contributed by atoms with Crippen molar-refractivity contribution >= 4 is 22.7 Å². The van der Waals surface area contributed by atoms with E-state index in [2.05, 4.69) is 0 Å². The molecule has 0 spiro atoms. The highest BCUT2D eigenvalue weighted by molar-refractivity contribution is 7.98. The van der Waals surface area contributed by atoms with Crippen LogP contribution >= 0.6 is 11.8 Å². The van der Waals surface area contributed by atoms with Crippen molar-refractivity contribution in [2.45, 2.75) is 11.1 Å². The Hall–Kier alpha value is -1.10. The molecule has 0 N–H and O–H groups in total. The summed E-state index contributed by atoms with van der Waals surface area (Å²) in [7, 11) is 0. The molecule has 2 aromatic rings. The molecule has 0 unspecified atom stereocenters. The summed E-state index contributed by atoms with van der Waals surface area (Å²) in [4.78, 5) is 0.880. The Morgan fingerprint density at radius 1 is 1.27 bits per heavy atom. The Bertz CT molecular complexity index is 487. The van der Waals surface area contributed by atoms with E-state index in [9.17, 15) is 13.2 Å². The molecule has 1 heterocycles. The summed E-state index contributed by atoms with van der Waals surface area (Å²) < 4.78 is 42.3. The van der Waals surface area contributed by atoms with Gasteiger partial charge in [0.15, 0.2) is 0 Å². The van der Waals surface area contributed by atoms with Crippen LogP contribution in [0.5, 0.6) is 0 Å². The summed E-state index contributed by atoms with van der Waals surface area (Å²) in [6.45, 7) is 0. The maximum Gasteiger partial charge on any atom is 0.420 e. The quantitative estimate of drug-likeness (QED) is 0.684. The van der Waals surface area contributed by atoms with Gasteiger partial charge in [0.2, 0.25) is 0 Å². The normalized spacial score (nSPS) is 12.3. The molecule has 0 aliphatic rings. The molecule has 5 heteroatoms. The summed E-state index contributed by atoms with van der Waals surface area (Å²) in [5.41, 5.74) is -0.445. The minimum absolute atomic E-state index is 0.111. The molecule has 0 bridgehead atoms. The SMILES string of the molecule is CSc1ccc2c(C(F)(F)F)coc2c1. The molecule has 15 heavy (non-hydrogen) atoms. The van der Waals surface area contributed by atoms with Crippen LogP contribution in [-0.2, 0) is 6.18 Å². The van der Waals surface area contributed by atoms with Crippen LogP contribution < -0.4 is 0 Å². The van der Waals surface area contributed by atoms with E-state index >= 15 is 0 Å². The lowest BCUT2D eigenvalue weighted by Gasteiger charge is -2.02. The molecule has 1 aromatic carbocycles. The highest BCUT2D eigenvalue weighted by atomic mass is 32.2. The zero-order valence-electron chi connectivity index (χ0n) is 7.76. The number of halogens is 3. The number of hydrogen-bond acceptors (Lipinski definition) is 2. The summed E-state index contributed by atoms with van der Waals surface area (Å²) >= 11 is 1.46. The van der Waals surface area contributed by atoms with Gasteiger partial charge in [-0.25, -0.2) is 0 Å². The fraction of sp³-hybridized carbons (Fsp3) is 0.200. The van der Waals surface area contributed by atoms with Crippen molar-refractivity contribution in [3.05, 3.63) is 30.0 Å². The lowest BCUT2D eigenvalue weighted by molar-refractivity contribution is -0.136. The van der Waals surface area contributed by atoms with E-state index in [1.54, 1.807) is 12.1 Å². The van der Waals surface area contributed by atoms with Crippen molar-refractivity contribution in [2.24, 2.45) is 0 Å². The summed E-state index contributed by atoms with van der Waals surface area (Å²) in [6.07, 6.45) is -1.74. The standard InChI is InChI=1S/C10H7F3OS/c1-15-6-2-3-7-8(10(11,12)13)5-14-9(7)4-6/h2-5H,1H3. The van der Waals surface area contributed by atoms with Gasteiger partial charge in [0, 0.05) is 10.3 Å². The van der Waals surface area contributed by atoms with Crippen LogP contribution in [0.2, 0.25) is 0 Å². The van der Waals surface area contributed by atoms with E-state index in [1.807, 2.05) is 6.26 Å². The van der Waals surface area contributed by atoms with Gasteiger partial charge in [-0.15, -0.1) is 11.8 Å². The minimum atomic E-state index is -4.36. The van der Waals surface area contributed by atoms with Crippen LogP contribution in [0.1, 0.15) is 5.56 Å². The van der Waals surface area contributed by atoms with Crippen molar-refractivity contribution in [1.82, 2.24) is 0 Å². The second-order valence-corrected chi connectivity index (χ2v) is 3.89. The van der Waals surface area contributed by atoms with Gasteiger partial charge in [-0.3, -0.25) is 0 Å². The molecular weight excluding hydrogens is 225 g/mol. The van der Waals surface area contributed by atoms with Gasteiger partial charge in [-0.2, -0.15) is 13.2 Å². The molecule has 1 aromatic heterocycles. The number of fused-ring (bicyclic) bond motifs is 1. The first kappa shape index (κ1) is 10.4. The van der Waals surface area contributed by atoms with Crippen molar-refractivity contribution in [3.8, 4) is 0 Å². The topological polar surface area (TPSA) is 13.1 Å². The van der Waals surface area contributed by atoms with Crippen LogP contribution in [0.3, 0.4) is 0 Å². The molecule has 80 valence electrons. The monoisotopic (exact) mass is 232 g/mol. The van der Waals surface area contributed by atoms with Crippen molar-refractivity contribution in [1.29, 1.82) is 0 Å². The Kier molecular flexibility index (Phi) is 2.42. The fourth-order valence-electron chi connectivity index (χ4n) is 1.36. The molecule has 0 aliphatic heterocycles. The smallest absolute Gasteiger partial charge is 0.420 e. The first-order valence-corrected chi connectivity index (χ1v) is 5.37. The Morgan fingerprint density at radius 2 is 2.00 bits per heavy atom. The largest absolute Gasteiger partial charge is 0.464 e. The van der Waals surface area contributed by atoms with Gasteiger partial charge < -0.3 is 4.42 Å². The van der Waals surface area contributed by atoms with E-state index in [0.717, 1.165) is 11.2 Å². The first-order valence-electron chi connectivity index (χ1n) is 4.15. The molecular formula is C10H7F3OS. The van der Waals surface area contributed by atoms with Gasteiger partial charge in [0.05, 0.1) is 0 Å². The zero-order chi connectivity index (χ0) is 11.1. The number of benzene rings is 1. The maximum atomic E-state index is 12.5. The Balaban J connectivity index is 2.62. The van der Waals surface area contributed by atoms with Gasteiger partial charge in [0.25, 0.3) is 0 Å². The van der Waals surface area contributed by atoms with Gasteiger partial charge >= 0.3 is 6.18 Å². The van der Waals surface area contributed by atoms with Crippen molar-refractivity contribution < 1.29 is 17.6 Å². The van der Waals surface area contributed by atoms with Crippen molar-refractivity contribution in [3.63, 3.8) is 0 Å².